The van der Waals surface area contributed by atoms with Crippen molar-refractivity contribution >= 4 is 74.5 Å². The van der Waals surface area contributed by atoms with Crippen molar-refractivity contribution in [1.82, 2.24) is 15.5 Å². The number of alkyl carbamates (subject to hydrolysis) is 1. The highest BCUT2D eigenvalue weighted by Crippen LogP contribution is 2.34. The predicted molar refractivity (Wildman–Crippen MR) is 301 cm³/mol. The van der Waals surface area contributed by atoms with E-state index in [1.807, 2.05) is 182 Å². The van der Waals surface area contributed by atoms with Crippen LogP contribution in [0.4, 0.5) is 9.59 Å². The Kier molecular flexibility index (Phi) is 23.4. The Morgan fingerprint density at radius 2 is 0.822 bits per heavy atom. The Balaban J connectivity index is 1.98. The first-order valence-corrected chi connectivity index (χ1v) is 43.3. The summed E-state index contributed by atoms with van der Waals surface area (Å²) in [7, 11) is -15.3. The molecule has 0 radical (unpaired) electrons. The van der Waals surface area contributed by atoms with E-state index in [-0.39, 0.29) is 76.0 Å². The minimum absolute atomic E-state index is 0.00453. The van der Waals surface area contributed by atoms with Gasteiger partial charge in [0.15, 0.2) is 0 Å². The molecule has 0 aliphatic rings. The maximum absolute atomic E-state index is 13.4. The molecule has 2 rings (SSSR count). The predicted octanol–water partition coefficient (Wildman–Crippen LogP) is 8.44. The van der Waals surface area contributed by atoms with E-state index in [1.165, 1.54) is 4.90 Å². The normalized spacial score (nSPS) is 13.6. The second-order valence-corrected chi connectivity index (χ2v) is 48.9. The minimum Gasteiger partial charge on any atom is -0.466 e. The summed E-state index contributed by atoms with van der Waals surface area (Å²) in [5.74, 6) is -0.706. The van der Waals surface area contributed by atoms with Crippen LogP contribution < -0.4 is 10.6 Å². The number of urea groups is 1. The molecule has 5 N–H and O–H groups in total. The molecule has 0 unspecified atom stereocenters. The van der Waals surface area contributed by atoms with Crippen LogP contribution in [-0.2, 0) is 62.2 Å². The van der Waals surface area contributed by atoms with Gasteiger partial charge in [-0.05, 0) is 129 Å². The molecule has 0 bridgehead atoms. The first-order chi connectivity index (χ1) is 33.0. The van der Waals surface area contributed by atoms with Crippen LogP contribution in [0.15, 0.2) is 48.5 Å². The fraction of sp³-hybridized carbons (Fsp3) is 0.680. The third-order valence-electron chi connectivity index (χ3n) is 11.9. The molecule has 0 aromatic heterocycles. The first-order valence-electron chi connectivity index (χ1n) is 25.2. The van der Waals surface area contributed by atoms with Crippen LogP contribution in [0.2, 0.25) is 78.6 Å². The lowest BCUT2D eigenvalue weighted by Gasteiger charge is -2.38. The number of rotatable bonds is 29. The summed E-state index contributed by atoms with van der Waals surface area (Å²) in [4.78, 5) is 54.4. The molecular formula is C50H93N3O14Si6. The molecule has 3 amide bonds. The van der Waals surface area contributed by atoms with Gasteiger partial charge < -0.3 is 61.5 Å². The number of nitrogens with one attached hydrogen (secondary N) is 2. The molecule has 0 fully saturated rings. The summed E-state index contributed by atoms with van der Waals surface area (Å²) in [6.45, 7) is 38.8. The number of ether oxygens (including phenoxy) is 3. The lowest BCUT2D eigenvalue weighted by Crippen LogP contribution is -2.56. The average Bonchev–Trinajstić information content (AvgIpc) is 3.22. The van der Waals surface area contributed by atoms with Gasteiger partial charge in [0.1, 0.15) is 18.7 Å². The molecule has 2 aromatic carbocycles. The van der Waals surface area contributed by atoms with Gasteiger partial charge in [0.05, 0.1) is 43.4 Å². The maximum Gasteiger partial charge on any atom is 0.407 e. The number of carbonyl (C=O) groups is 4. The van der Waals surface area contributed by atoms with Crippen LogP contribution in [-0.4, -0.2) is 146 Å². The van der Waals surface area contributed by atoms with Gasteiger partial charge in [-0.25, -0.2) is 9.59 Å². The van der Waals surface area contributed by atoms with E-state index >= 15 is 0 Å². The number of carbonyl (C=O) groups excluding carboxylic acids is 4. The highest BCUT2D eigenvalue weighted by Gasteiger charge is 2.43. The van der Waals surface area contributed by atoms with Crippen molar-refractivity contribution in [3.8, 4) is 0 Å². The zero-order chi connectivity index (χ0) is 56.3. The first kappa shape index (κ1) is 66.1. The number of hydrogen-bond donors (Lipinski definition) is 5. The topological polar surface area (TPSA) is 221 Å². The lowest BCUT2D eigenvalue weighted by atomic mass is 9.79. The summed E-state index contributed by atoms with van der Waals surface area (Å²) >= 11 is 0. The van der Waals surface area contributed by atoms with Crippen LogP contribution >= 0.6 is 0 Å². The third kappa shape index (κ3) is 23.0. The number of esters is 2. The summed E-state index contributed by atoms with van der Waals surface area (Å²) < 4.78 is 43.6. The van der Waals surface area contributed by atoms with Gasteiger partial charge in [0, 0.05) is 23.9 Å². The molecule has 0 aliphatic carbocycles. The lowest BCUT2D eigenvalue weighted by molar-refractivity contribution is -0.144. The molecule has 416 valence electrons. The summed E-state index contributed by atoms with van der Waals surface area (Å²) in [6, 6.07) is 15.1. The molecule has 0 aliphatic heterocycles. The third-order valence-corrected chi connectivity index (χ3v) is 31.9. The number of aliphatic hydroxyl groups excluding tert-OH is 3. The van der Waals surface area contributed by atoms with E-state index in [9.17, 15) is 34.5 Å². The Morgan fingerprint density at radius 1 is 0.493 bits per heavy atom. The zero-order valence-corrected chi connectivity index (χ0v) is 54.0. The van der Waals surface area contributed by atoms with Crippen molar-refractivity contribution < 1.29 is 65.2 Å². The van der Waals surface area contributed by atoms with Crippen molar-refractivity contribution in [2.75, 3.05) is 51.2 Å². The number of hydrogen-bond acceptors (Lipinski definition) is 14. The fourth-order valence-electron chi connectivity index (χ4n) is 8.60. The van der Waals surface area contributed by atoms with Gasteiger partial charge >= 0.3 is 41.2 Å². The zero-order valence-electron chi connectivity index (χ0n) is 48.0. The second-order valence-electron chi connectivity index (χ2n) is 24.8. The smallest absolute Gasteiger partial charge is 0.407 e. The van der Waals surface area contributed by atoms with Gasteiger partial charge in [0.25, 0.3) is 0 Å². The Hall–Kier alpha value is -3.06. The highest BCUT2D eigenvalue weighted by molar-refractivity contribution is 6.88. The summed E-state index contributed by atoms with van der Waals surface area (Å²) in [5, 5.41) is 34.5. The van der Waals surface area contributed by atoms with Crippen molar-refractivity contribution in [3.63, 3.8) is 0 Å². The van der Waals surface area contributed by atoms with E-state index in [0.717, 1.165) is 22.3 Å². The van der Waals surface area contributed by atoms with Crippen molar-refractivity contribution in [1.29, 1.82) is 0 Å². The van der Waals surface area contributed by atoms with Crippen molar-refractivity contribution in [2.24, 2.45) is 0 Å². The number of nitrogens with zero attached hydrogens (tertiary/aromatic N) is 1. The standard InChI is InChI=1S/C50H93N3O14Si6/c1-47(2,39-23-21-25-41(31-39)49(5,6)51-45(59)53(27-29-54)28-30-55)33-43(57)62-37-70(13,14)66-73(19,20)67-71(15,16)38-63-46(60)52-50(7,8)42-26-22-24-40(32-42)48(3,4)34-44(58)61-36-69(11,12)65-72(17,18)64-68(9,10)35-56/h21-26,31-32,54-56H,27-30,33-38H2,1-20H3,(H,51,59)(H,52,60). The van der Waals surface area contributed by atoms with Crippen LogP contribution in [0.25, 0.3) is 0 Å². The molecule has 0 saturated carbocycles. The van der Waals surface area contributed by atoms with Crippen LogP contribution in [0.3, 0.4) is 0 Å². The number of benzene rings is 2. The fourth-order valence-corrected chi connectivity index (χ4v) is 33.4. The Bertz CT molecular complexity index is 2160. The van der Waals surface area contributed by atoms with Crippen molar-refractivity contribution in [3.05, 3.63) is 70.8 Å². The van der Waals surface area contributed by atoms with E-state index in [2.05, 4.69) is 10.6 Å². The van der Waals surface area contributed by atoms with E-state index in [1.54, 1.807) is 0 Å². The maximum atomic E-state index is 13.4. The van der Waals surface area contributed by atoms with Gasteiger partial charge in [-0.2, -0.15) is 0 Å². The summed E-state index contributed by atoms with van der Waals surface area (Å²) in [6.07, 6.45) is 0.0206. The Labute approximate surface area is 443 Å². The average molecular weight is 1130 g/mol. The van der Waals surface area contributed by atoms with Gasteiger partial charge in [0.2, 0.25) is 33.3 Å². The van der Waals surface area contributed by atoms with Crippen molar-refractivity contribution in [2.45, 2.75) is 169 Å². The number of amides is 3. The molecule has 17 nitrogen and oxygen atoms in total. The van der Waals surface area contributed by atoms with Crippen LogP contribution in [0, 0.1) is 0 Å². The molecule has 0 atom stereocenters. The monoisotopic (exact) mass is 1130 g/mol. The number of aliphatic hydroxyl groups is 3. The largest absolute Gasteiger partial charge is 0.466 e. The molecular weight excluding hydrogens is 1040 g/mol. The second kappa shape index (κ2) is 25.9. The van der Waals surface area contributed by atoms with Gasteiger partial charge in [-0.15, -0.1) is 0 Å². The van der Waals surface area contributed by atoms with E-state index in [4.69, 9.17) is 30.7 Å². The molecule has 0 saturated heterocycles. The minimum atomic E-state index is -2.82. The van der Waals surface area contributed by atoms with E-state index in [0.29, 0.717) is 0 Å². The van der Waals surface area contributed by atoms with E-state index < -0.39 is 84.4 Å². The molecule has 0 heterocycles. The SMILES string of the molecule is CC(C)(CC(=O)OC[Si](C)(C)O[Si](C)(C)O[Si](C)(C)CO)c1cccc(C(C)(C)NC(=O)OC[Si](C)(C)O[Si](C)(C)O[Si](C)(C)COC(=O)CC(C)(C)c2cccc(C(C)(C)NC(=O)N(CCO)CCO)c2)c1. The van der Waals surface area contributed by atoms with Crippen LogP contribution in [0.5, 0.6) is 0 Å². The molecule has 2 aromatic rings. The molecule has 0 spiro atoms. The van der Waals surface area contributed by atoms with Gasteiger partial charge in [-0.3, -0.25) is 9.59 Å². The molecule has 73 heavy (non-hydrogen) atoms. The highest BCUT2D eigenvalue weighted by atomic mass is 28.5. The van der Waals surface area contributed by atoms with Gasteiger partial charge in [-0.1, -0.05) is 76.2 Å². The van der Waals surface area contributed by atoms with Crippen LogP contribution in [0.1, 0.15) is 90.5 Å². The Morgan fingerprint density at radius 3 is 1.18 bits per heavy atom. The molecule has 23 heteroatoms. The quantitative estimate of drug-likeness (QED) is 0.0293. The summed E-state index contributed by atoms with van der Waals surface area (Å²) in [5.41, 5.74) is 0.624.